The number of methoxy groups -OCH3 is 1. The van der Waals surface area contributed by atoms with Crippen molar-refractivity contribution in [1.29, 1.82) is 0 Å². The molecule has 3 rings (SSSR count). The van der Waals surface area contributed by atoms with Crippen LogP contribution in [0.25, 0.3) is 11.2 Å². The highest BCUT2D eigenvalue weighted by molar-refractivity contribution is 6.29. The molecule has 27 heavy (non-hydrogen) atoms. The van der Waals surface area contributed by atoms with E-state index in [1.807, 2.05) is 0 Å². The number of hydrogen-bond acceptors (Lipinski definition) is 6. The number of likely N-dealkylation sites (tertiary alicyclic amines) is 1. The molecule has 1 saturated heterocycles. The Morgan fingerprint density at radius 3 is 2.41 bits per heavy atom. The smallest absolute Gasteiger partial charge is 0.332 e. The van der Waals surface area contributed by atoms with Crippen LogP contribution in [-0.2, 0) is 35.0 Å². The van der Waals surface area contributed by atoms with Gasteiger partial charge in [-0.05, 0) is 24.4 Å². The van der Waals surface area contributed by atoms with Crippen LogP contribution in [0.1, 0.15) is 12.8 Å². The van der Waals surface area contributed by atoms with Gasteiger partial charge in [-0.1, -0.05) is 0 Å². The Hall–Kier alpha value is -2.62. The molecule has 0 unspecified atom stereocenters. The summed E-state index contributed by atoms with van der Waals surface area (Å²) in [6.07, 6.45) is 1.04. The normalized spacial score (nSPS) is 15.3. The largest absolute Gasteiger partial charge is 0.469 e. The van der Waals surface area contributed by atoms with Crippen molar-refractivity contribution in [3.63, 3.8) is 0 Å². The van der Waals surface area contributed by atoms with Gasteiger partial charge in [-0.25, -0.2) is 4.79 Å². The van der Waals surface area contributed by atoms with Crippen molar-refractivity contribution in [2.24, 2.45) is 20.0 Å². The Labute approximate surface area is 158 Å². The maximum absolute atomic E-state index is 12.7. The molecule has 1 amide bonds. The number of carbonyl (C=O) groups excluding carboxylic acids is 2. The van der Waals surface area contributed by atoms with E-state index in [0.29, 0.717) is 25.9 Å². The van der Waals surface area contributed by atoms with E-state index in [2.05, 4.69) is 4.98 Å². The summed E-state index contributed by atoms with van der Waals surface area (Å²) in [4.78, 5) is 54.5. The van der Waals surface area contributed by atoms with E-state index < -0.39 is 11.2 Å². The fraction of sp³-hybridized carbons (Fsp3) is 0.562. The maximum atomic E-state index is 12.7. The summed E-state index contributed by atoms with van der Waals surface area (Å²) in [5.41, 5.74) is -0.859. The average molecular weight is 398 g/mol. The lowest BCUT2D eigenvalue weighted by molar-refractivity contribution is -0.149. The van der Waals surface area contributed by atoms with E-state index in [-0.39, 0.29) is 40.8 Å². The monoisotopic (exact) mass is 397 g/mol. The Morgan fingerprint density at radius 2 is 1.81 bits per heavy atom. The predicted octanol–water partition coefficient (Wildman–Crippen LogP) is -0.501. The zero-order valence-corrected chi connectivity index (χ0v) is 16.0. The van der Waals surface area contributed by atoms with Gasteiger partial charge in [0.05, 0.1) is 13.0 Å². The number of rotatable bonds is 3. The first-order valence-corrected chi connectivity index (χ1v) is 8.81. The second kappa shape index (κ2) is 7.18. The SMILES string of the molecule is COC(=O)C1CCN(C(=O)Cn2c(Cl)nc3c2c(=O)n(C)c(=O)n3C)CC1. The molecular weight excluding hydrogens is 378 g/mol. The van der Waals surface area contributed by atoms with Crippen LogP contribution in [0.5, 0.6) is 0 Å². The van der Waals surface area contributed by atoms with E-state index >= 15 is 0 Å². The minimum absolute atomic E-state index is 0.0407. The van der Waals surface area contributed by atoms with Crippen molar-refractivity contribution < 1.29 is 14.3 Å². The summed E-state index contributed by atoms with van der Waals surface area (Å²) in [7, 11) is 4.19. The first-order valence-electron chi connectivity index (χ1n) is 8.43. The number of nitrogens with zero attached hydrogens (tertiary/aromatic N) is 5. The van der Waals surface area contributed by atoms with Crippen LogP contribution in [0.15, 0.2) is 9.59 Å². The van der Waals surface area contributed by atoms with Crippen LogP contribution in [0, 0.1) is 5.92 Å². The standard InChI is InChI=1S/C16H20ClN5O5/c1-19-12-11(13(24)20(2)16(19)26)22(15(17)18-12)8-10(23)21-6-4-9(5-7-21)14(25)27-3/h9H,4-8H2,1-3H3. The summed E-state index contributed by atoms with van der Waals surface area (Å²) in [6.45, 7) is 0.657. The topological polar surface area (TPSA) is 108 Å². The van der Waals surface area contributed by atoms with Crippen molar-refractivity contribution >= 4 is 34.6 Å². The molecule has 1 fully saturated rings. The molecule has 11 heteroatoms. The Morgan fingerprint density at radius 1 is 1.19 bits per heavy atom. The van der Waals surface area contributed by atoms with Gasteiger partial charge in [0.25, 0.3) is 5.56 Å². The predicted molar refractivity (Wildman–Crippen MR) is 96.5 cm³/mol. The molecule has 10 nitrogen and oxygen atoms in total. The highest BCUT2D eigenvalue weighted by atomic mass is 35.5. The second-order valence-electron chi connectivity index (χ2n) is 6.52. The summed E-state index contributed by atoms with van der Waals surface area (Å²) in [5.74, 6) is -0.718. The van der Waals surface area contributed by atoms with Crippen LogP contribution >= 0.6 is 11.6 Å². The summed E-state index contributed by atoms with van der Waals surface area (Å²) in [6, 6.07) is 0. The molecule has 146 valence electrons. The Balaban J connectivity index is 1.87. The van der Waals surface area contributed by atoms with E-state index in [0.717, 1.165) is 4.57 Å². The fourth-order valence-electron chi connectivity index (χ4n) is 3.33. The third kappa shape index (κ3) is 3.25. The van der Waals surface area contributed by atoms with Gasteiger partial charge in [0.15, 0.2) is 11.2 Å². The molecule has 1 aliphatic rings. The maximum Gasteiger partial charge on any atom is 0.332 e. The number of esters is 1. The van der Waals surface area contributed by atoms with E-state index in [1.54, 1.807) is 4.90 Å². The molecule has 0 atom stereocenters. The Kier molecular flexibility index (Phi) is 5.09. The number of ether oxygens (including phenoxy) is 1. The highest BCUT2D eigenvalue weighted by Gasteiger charge is 2.29. The van der Waals surface area contributed by atoms with Crippen molar-refractivity contribution in [1.82, 2.24) is 23.6 Å². The van der Waals surface area contributed by atoms with Crippen LogP contribution in [0.4, 0.5) is 0 Å². The van der Waals surface area contributed by atoms with Gasteiger partial charge in [-0.2, -0.15) is 4.98 Å². The number of aromatic nitrogens is 4. The number of aryl methyl sites for hydroxylation is 1. The zero-order valence-electron chi connectivity index (χ0n) is 15.3. The quantitative estimate of drug-likeness (QED) is 0.510. The summed E-state index contributed by atoms with van der Waals surface area (Å²) >= 11 is 6.14. The van der Waals surface area contributed by atoms with E-state index in [4.69, 9.17) is 16.3 Å². The highest BCUT2D eigenvalue weighted by Crippen LogP contribution is 2.20. The fourth-order valence-corrected chi connectivity index (χ4v) is 3.56. The lowest BCUT2D eigenvalue weighted by Crippen LogP contribution is -2.42. The molecule has 2 aromatic rings. The summed E-state index contributed by atoms with van der Waals surface area (Å²) < 4.78 is 8.22. The minimum Gasteiger partial charge on any atom is -0.469 e. The average Bonchev–Trinajstić information content (AvgIpc) is 3.00. The van der Waals surface area contributed by atoms with Crippen LogP contribution in [0.3, 0.4) is 0 Å². The van der Waals surface area contributed by atoms with Crippen molar-refractivity contribution in [2.45, 2.75) is 19.4 Å². The minimum atomic E-state index is -0.565. The van der Waals surface area contributed by atoms with Gasteiger partial charge in [0.1, 0.15) is 6.54 Å². The van der Waals surface area contributed by atoms with E-state index in [1.165, 1.54) is 30.3 Å². The molecule has 1 aliphatic heterocycles. The molecule has 0 spiro atoms. The molecule has 0 saturated carbocycles. The molecule has 0 bridgehead atoms. The molecule has 0 aromatic carbocycles. The molecular formula is C16H20ClN5O5. The molecule has 0 radical (unpaired) electrons. The van der Waals surface area contributed by atoms with Crippen LogP contribution in [0.2, 0.25) is 5.28 Å². The van der Waals surface area contributed by atoms with Gasteiger partial charge in [-0.15, -0.1) is 0 Å². The molecule has 3 heterocycles. The molecule has 0 N–H and O–H groups in total. The number of halogens is 1. The van der Waals surface area contributed by atoms with Gasteiger partial charge < -0.3 is 9.64 Å². The van der Waals surface area contributed by atoms with Gasteiger partial charge in [0.2, 0.25) is 11.2 Å². The number of hydrogen-bond donors (Lipinski definition) is 0. The molecule has 2 aromatic heterocycles. The number of imidazole rings is 1. The third-order valence-electron chi connectivity index (χ3n) is 4.98. The van der Waals surface area contributed by atoms with Crippen LogP contribution in [-0.4, -0.2) is 55.7 Å². The number of fused-ring (bicyclic) bond motifs is 1. The first kappa shape index (κ1) is 19.2. The lowest BCUT2D eigenvalue weighted by Gasteiger charge is -2.30. The van der Waals surface area contributed by atoms with Crippen molar-refractivity contribution in [3.05, 3.63) is 26.1 Å². The lowest BCUT2D eigenvalue weighted by atomic mass is 9.97. The number of piperidine rings is 1. The van der Waals surface area contributed by atoms with Crippen LogP contribution < -0.4 is 11.2 Å². The zero-order chi connectivity index (χ0) is 19.9. The third-order valence-corrected chi connectivity index (χ3v) is 5.27. The van der Waals surface area contributed by atoms with E-state index in [9.17, 15) is 19.2 Å². The Bertz CT molecular complexity index is 1030. The number of carbonyl (C=O) groups is 2. The van der Waals surface area contributed by atoms with Gasteiger partial charge >= 0.3 is 11.7 Å². The number of amides is 1. The van der Waals surface area contributed by atoms with Crippen molar-refractivity contribution in [3.8, 4) is 0 Å². The van der Waals surface area contributed by atoms with Crippen molar-refractivity contribution in [2.75, 3.05) is 20.2 Å². The summed E-state index contributed by atoms with van der Waals surface area (Å²) in [5, 5.41) is -0.0407. The first-order chi connectivity index (χ1) is 12.8. The second-order valence-corrected chi connectivity index (χ2v) is 6.86. The molecule has 0 aliphatic carbocycles. The van der Waals surface area contributed by atoms with Gasteiger partial charge in [-0.3, -0.25) is 28.1 Å². The van der Waals surface area contributed by atoms with Gasteiger partial charge in [0, 0.05) is 27.2 Å².